The van der Waals surface area contributed by atoms with Gasteiger partial charge in [-0.3, -0.25) is 4.90 Å². The quantitative estimate of drug-likeness (QED) is 0.547. The van der Waals surface area contributed by atoms with Gasteiger partial charge in [-0.1, -0.05) is 46.0 Å². The Bertz CT molecular complexity index is 176. The summed E-state index contributed by atoms with van der Waals surface area (Å²) in [7, 11) is 1.77. The monoisotopic (exact) mass is 258 g/mol. The number of ether oxygens (including phenoxy) is 1. The van der Waals surface area contributed by atoms with Crippen molar-refractivity contribution in [3.63, 3.8) is 0 Å². The average molecular weight is 258 g/mol. The van der Waals surface area contributed by atoms with Crippen molar-refractivity contribution in [2.75, 3.05) is 26.8 Å². The lowest BCUT2D eigenvalue weighted by atomic mass is 10.0. The first kappa shape index (κ1) is 17.9. The highest BCUT2D eigenvalue weighted by Crippen LogP contribution is 2.14. The molecule has 0 aromatic carbocycles. The molecule has 2 unspecified atom stereocenters. The van der Waals surface area contributed by atoms with Crippen LogP contribution in [0.4, 0.5) is 0 Å². The lowest BCUT2D eigenvalue weighted by molar-refractivity contribution is 0.0716. The standard InChI is InChI=1S/C15H34N2O/c1-5-7-8-9-10-11-15(12-16)17(6-2)14(3)13-18-4/h14-15H,5-13,16H2,1-4H3. The molecule has 0 saturated heterocycles. The molecule has 2 atom stereocenters. The van der Waals surface area contributed by atoms with Crippen molar-refractivity contribution in [2.24, 2.45) is 5.73 Å². The van der Waals surface area contributed by atoms with Crippen molar-refractivity contribution in [1.82, 2.24) is 4.90 Å². The Morgan fingerprint density at radius 2 is 1.78 bits per heavy atom. The maximum atomic E-state index is 5.94. The number of unbranched alkanes of at least 4 members (excludes halogenated alkanes) is 4. The Labute approximate surface area is 114 Å². The lowest BCUT2D eigenvalue weighted by Crippen LogP contribution is -2.47. The van der Waals surface area contributed by atoms with E-state index in [4.69, 9.17) is 10.5 Å². The third kappa shape index (κ3) is 7.34. The van der Waals surface area contributed by atoms with Gasteiger partial charge in [0.15, 0.2) is 0 Å². The van der Waals surface area contributed by atoms with Crippen molar-refractivity contribution < 1.29 is 4.74 Å². The predicted octanol–water partition coefficient (Wildman–Crippen LogP) is 3.03. The Morgan fingerprint density at radius 1 is 1.11 bits per heavy atom. The van der Waals surface area contributed by atoms with E-state index >= 15 is 0 Å². The Kier molecular flexibility index (Phi) is 11.9. The summed E-state index contributed by atoms with van der Waals surface area (Å²) in [5.74, 6) is 0. The molecule has 0 rings (SSSR count). The molecule has 2 N–H and O–H groups in total. The minimum Gasteiger partial charge on any atom is -0.383 e. The maximum absolute atomic E-state index is 5.94. The topological polar surface area (TPSA) is 38.5 Å². The fraction of sp³-hybridized carbons (Fsp3) is 1.00. The lowest BCUT2D eigenvalue weighted by Gasteiger charge is -2.35. The second-order valence-electron chi connectivity index (χ2n) is 5.23. The van der Waals surface area contributed by atoms with Crippen molar-refractivity contribution in [3.05, 3.63) is 0 Å². The molecule has 0 aliphatic heterocycles. The zero-order chi connectivity index (χ0) is 13.8. The molecule has 0 spiro atoms. The molecule has 0 radical (unpaired) electrons. The van der Waals surface area contributed by atoms with Gasteiger partial charge in [0.2, 0.25) is 0 Å². The number of likely N-dealkylation sites (N-methyl/N-ethyl adjacent to an activating group) is 1. The van der Waals surface area contributed by atoms with Gasteiger partial charge in [-0.05, 0) is 19.9 Å². The molecular formula is C15H34N2O. The van der Waals surface area contributed by atoms with Gasteiger partial charge in [0.05, 0.1) is 6.61 Å². The Hall–Kier alpha value is -0.120. The van der Waals surface area contributed by atoms with E-state index in [2.05, 4.69) is 25.7 Å². The molecule has 18 heavy (non-hydrogen) atoms. The summed E-state index contributed by atoms with van der Waals surface area (Å²) in [6, 6.07) is 0.978. The number of rotatable bonds is 12. The Balaban J connectivity index is 4.01. The van der Waals surface area contributed by atoms with E-state index in [0.29, 0.717) is 12.1 Å². The molecule has 110 valence electrons. The van der Waals surface area contributed by atoms with Crippen LogP contribution in [0.2, 0.25) is 0 Å². The first-order chi connectivity index (χ1) is 8.71. The smallest absolute Gasteiger partial charge is 0.0615 e. The first-order valence-corrected chi connectivity index (χ1v) is 7.65. The molecule has 3 heteroatoms. The van der Waals surface area contributed by atoms with Gasteiger partial charge in [0, 0.05) is 25.7 Å². The van der Waals surface area contributed by atoms with Crippen molar-refractivity contribution in [3.8, 4) is 0 Å². The van der Waals surface area contributed by atoms with E-state index in [1.165, 1.54) is 38.5 Å². The molecule has 0 saturated carbocycles. The van der Waals surface area contributed by atoms with Gasteiger partial charge in [0.1, 0.15) is 0 Å². The molecule has 0 aliphatic rings. The van der Waals surface area contributed by atoms with Gasteiger partial charge >= 0.3 is 0 Å². The number of hydrogen-bond acceptors (Lipinski definition) is 3. The maximum Gasteiger partial charge on any atom is 0.0615 e. The molecule has 0 heterocycles. The SMILES string of the molecule is CCCCCCCC(CN)N(CC)C(C)COC. The largest absolute Gasteiger partial charge is 0.383 e. The molecule has 0 aromatic heterocycles. The van der Waals surface area contributed by atoms with Crippen LogP contribution in [0.25, 0.3) is 0 Å². The van der Waals surface area contributed by atoms with Crippen LogP contribution in [-0.2, 0) is 4.74 Å². The molecule has 3 nitrogen and oxygen atoms in total. The van der Waals surface area contributed by atoms with Crippen LogP contribution >= 0.6 is 0 Å². The summed E-state index contributed by atoms with van der Waals surface area (Å²) < 4.78 is 5.26. The van der Waals surface area contributed by atoms with Crippen LogP contribution in [0, 0.1) is 0 Å². The summed E-state index contributed by atoms with van der Waals surface area (Å²) in [5, 5.41) is 0. The van der Waals surface area contributed by atoms with E-state index in [-0.39, 0.29) is 0 Å². The molecule has 0 bridgehead atoms. The molecular weight excluding hydrogens is 224 g/mol. The minimum absolute atomic E-state index is 0.462. The second-order valence-corrected chi connectivity index (χ2v) is 5.23. The Morgan fingerprint density at radius 3 is 2.28 bits per heavy atom. The first-order valence-electron chi connectivity index (χ1n) is 7.65. The van der Waals surface area contributed by atoms with Gasteiger partial charge in [0.25, 0.3) is 0 Å². The van der Waals surface area contributed by atoms with Crippen LogP contribution in [0.3, 0.4) is 0 Å². The van der Waals surface area contributed by atoms with Gasteiger partial charge in [-0.15, -0.1) is 0 Å². The molecule has 0 aromatic rings. The van der Waals surface area contributed by atoms with E-state index in [1.807, 2.05) is 0 Å². The summed E-state index contributed by atoms with van der Waals surface area (Å²) in [4.78, 5) is 2.49. The fourth-order valence-electron chi connectivity index (χ4n) is 2.67. The van der Waals surface area contributed by atoms with Crippen LogP contribution in [0.1, 0.15) is 59.3 Å². The number of nitrogens with two attached hydrogens (primary N) is 1. The van der Waals surface area contributed by atoms with E-state index in [0.717, 1.165) is 19.7 Å². The van der Waals surface area contributed by atoms with Crippen LogP contribution < -0.4 is 5.73 Å². The van der Waals surface area contributed by atoms with E-state index < -0.39 is 0 Å². The second kappa shape index (κ2) is 11.9. The van der Waals surface area contributed by atoms with Crippen molar-refractivity contribution in [1.29, 1.82) is 0 Å². The summed E-state index contributed by atoms with van der Waals surface area (Å²) in [5.41, 5.74) is 5.94. The average Bonchev–Trinajstić information content (AvgIpc) is 2.37. The highest BCUT2D eigenvalue weighted by atomic mass is 16.5. The molecule has 0 amide bonds. The van der Waals surface area contributed by atoms with Crippen molar-refractivity contribution in [2.45, 2.75) is 71.4 Å². The predicted molar refractivity (Wildman–Crippen MR) is 79.9 cm³/mol. The van der Waals surface area contributed by atoms with Gasteiger partial charge in [-0.2, -0.15) is 0 Å². The summed E-state index contributed by atoms with van der Waals surface area (Å²) in [6.45, 7) is 9.31. The normalized spacial score (nSPS) is 15.0. The van der Waals surface area contributed by atoms with E-state index in [9.17, 15) is 0 Å². The van der Waals surface area contributed by atoms with Crippen LogP contribution in [-0.4, -0.2) is 43.8 Å². The number of methoxy groups -OCH3 is 1. The molecule has 0 fully saturated rings. The van der Waals surface area contributed by atoms with Crippen molar-refractivity contribution >= 4 is 0 Å². The summed E-state index contributed by atoms with van der Waals surface area (Å²) in [6.07, 6.45) is 7.92. The van der Waals surface area contributed by atoms with Crippen LogP contribution in [0.15, 0.2) is 0 Å². The fourth-order valence-corrected chi connectivity index (χ4v) is 2.67. The zero-order valence-corrected chi connectivity index (χ0v) is 13.0. The number of hydrogen-bond donors (Lipinski definition) is 1. The number of nitrogens with zero attached hydrogens (tertiary/aromatic N) is 1. The minimum atomic E-state index is 0.462. The third-order valence-electron chi connectivity index (χ3n) is 3.72. The van der Waals surface area contributed by atoms with Crippen LogP contribution in [0.5, 0.6) is 0 Å². The molecule has 0 aliphatic carbocycles. The zero-order valence-electron chi connectivity index (χ0n) is 13.0. The van der Waals surface area contributed by atoms with Gasteiger partial charge in [-0.25, -0.2) is 0 Å². The highest BCUT2D eigenvalue weighted by Gasteiger charge is 2.20. The van der Waals surface area contributed by atoms with E-state index in [1.54, 1.807) is 7.11 Å². The highest BCUT2D eigenvalue weighted by molar-refractivity contribution is 4.76. The third-order valence-corrected chi connectivity index (χ3v) is 3.72. The summed E-state index contributed by atoms with van der Waals surface area (Å²) >= 11 is 0. The van der Waals surface area contributed by atoms with Gasteiger partial charge < -0.3 is 10.5 Å².